The second kappa shape index (κ2) is 7.94. The van der Waals surface area contributed by atoms with Crippen LogP contribution in [0.1, 0.15) is 74.0 Å². The minimum absolute atomic E-state index is 0.121. The van der Waals surface area contributed by atoms with E-state index >= 15 is 0 Å². The number of nitrogens with zero attached hydrogens (tertiary/aromatic N) is 5. The lowest BCUT2D eigenvalue weighted by Crippen LogP contribution is -2.18. The second-order valence-electron chi connectivity index (χ2n) is 8.62. The summed E-state index contributed by atoms with van der Waals surface area (Å²) in [5, 5.41) is 13.0. The van der Waals surface area contributed by atoms with Gasteiger partial charge in [0.1, 0.15) is 17.5 Å². The van der Waals surface area contributed by atoms with Gasteiger partial charge in [-0.15, -0.1) is 0 Å². The zero-order valence-electron chi connectivity index (χ0n) is 18.1. The molecule has 30 heavy (non-hydrogen) atoms. The molecule has 0 saturated heterocycles. The molecule has 0 amide bonds. The molecular weight excluding hydrogens is 374 g/mol. The van der Waals surface area contributed by atoms with Crippen LogP contribution in [0.15, 0.2) is 18.3 Å². The van der Waals surface area contributed by atoms with Crippen LogP contribution in [0.5, 0.6) is 0 Å². The Bertz CT molecular complexity index is 1120. The number of aromatic nitrogens is 4. The molecule has 3 aromatic heterocycles. The van der Waals surface area contributed by atoms with Gasteiger partial charge in [-0.1, -0.05) is 19.8 Å². The Morgan fingerprint density at radius 2 is 1.97 bits per heavy atom. The predicted molar refractivity (Wildman–Crippen MR) is 119 cm³/mol. The van der Waals surface area contributed by atoms with Crippen molar-refractivity contribution in [2.75, 3.05) is 11.1 Å². The summed E-state index contributed by atoms with van der Waals surface area (Å²) in [5.74, 6) is 1.92. The Balaban J connectivity index is 1.76. The molecule has 0 unspecified atom stereocenters. The average Bonchev–Trinajstić information content (AvgIpc) is 3.07. The number of hydrogen-bond donors (Lipinski definition) is 2. The maximum atomic E-state index is 9.57. The van der Waals surface area contributed by atoms with Crippen molar-refractivity contribution in [3.05, 3.63) is 40.8 Å². The van der Waals surface area contributed by atoms with Gasteiger partial charge < -0.3 is 15.6 Å². The maximum absolute atomic E-state index is 9.57. The highest BCUT2D eigenvalue weighted by Gasteiger charge is 2.26. The molecule has 1 aliphatic rings. The highest BCUT2D eigenvalue weighted by atomic mass is 15.1. The molecule has 1 saturated carbocycles. The van der Waals surface area contributed by atoms with Gasteiger partial charge in [-0.25, -0.2) is 9.97 Å². The quantitative estimate of drug-likeness (QED) is 0.660. The lowest BCUT2D eigenvalue weighted by atomic mass is 9.78. The van der Waals surface area contributed by atoms with Gasteiger partial charge in [0, 0.05) is 13.2 Å². The minimum Gasteiger partial charge on any atom is -0.368 e. The number of pyridine rings is 1. The van der Waals surface area contributed by atoms with Crippen molar-refractivity contribution >= 4 is 22.8 Å². The van der Waals surface area contributed by atoms with Crippen molar-refractivity contribution in [1.82, 2.24) is 19.5 Å². The molecule has 4 rings (SSSR count). The van der Waals surface area contributed by atoms with E-state index < -0.39 is 0 Å². The van der Waals surface area contributed by atoms with Crippen LogP contribution in [0.3, 0.4) is 0 Å². The molecule has 7 nitrogen and oxygen atoms in total. The molecule has 0 aromatic carbocycles. The van der Waals surface area contributed by atoms with Gasteiger partial charge >= 0.3 is 0 Å². The van der Waals surface area contributed by atoms with Crippen LogP contribution in [-0.4, -0.2) is 19.5 Å². The Kier molecular flexibility index (Phi) is 5.33. The lowest BCUT2D eigenvalue weighted by molar-refractivity contribution is 0.346. The predicted octanol–water partition coefficient (Wildman–Crippen LogP) is 4.59. The maximum Gasteiger partial charge on any atom is 0.222 e. The number of anilines is 2. The number of nitriles is 1. The number of nitrogens with two attached hydrogens (primary N) is 1. The topological polar surface area (TPSA) is 105 Å². The van der Waals surface area contributed by atoms with E-state index in [-0.39, 0.29) is 12.0 Å². The standard InChI is InChI=1S/C23H29N7/c1-13-5-7-16(8-6-13)17-11-20-19(9-10-30(20)4)28-21(17)15(3)26-22-18(12-24)14(2)27-23(25)29-22/h9-11,13,15-16H,5-8H2,1-4H3,(H3,25,26,27,29)/t13?,15-,16?/m0/s1. The molecule has 0 radical (unpaired) electrons. The Morgan fingerprint density at radius 3 is 2.67 bits per heavy atom. The van der Waals surface area contributed by atoms with Crippen LogP contribution in [0, 0.1) is 24.2 Å². The Hall–Kier alpha value is -3.14. The summed E-state index contributed by atoms with van der Waals surface area (Å²) in [4.78, 5) is 13.4. The smallest absolute Gasteiger partial charge is 0.222 e. The second-order valence-corrected chi connectivity index (χ2v) is 8.62. The number of nitrogen functional groups attached to an aromatic ring is 1. The van der Waals surface area contributed by atoms with Crippen molar-refractivity contribution in [2.24, 2.45) is 13.0 Å². The van der Waals surface area contributed by atoms with Crippen LogP contribution < -0.4 is 11.1 Å². The van der Waals surface area contributed by atoms with Gasteiger partial charge in [0.05, 0.1) is 28.5 Å². The monoisotopic (exact) mass is 403 g/mol. The third kappa shape index (κ3) is 3.70. The summed E-state index contributed by atoms with van der Waals surface area (Å²) in [6, 6.07) is 6.43. The van der Waals surface area contributed by atoms with Gasteiger partial charge in [0.15, 0.2) is 0 Å². The first-order valence-electron chi connectivity index (χ1n) is 10.6. The molecule has 3 aromatic rings. The summed E-state index contributed by atoms with van der Waals surface area (Å²) in [5.41, 5.74) is 11.3. The molecule has 0 bridgehead atoms. The lowest BCUT2D eigenvalue weighted by Gasteiger charge is -2.29. The van der Waals surface area contributed by atoms with Gasteiger partial charge in [-0.2, -0.15) is 10.2 Å². The van der Waals surface area contributed by atoms with Crippen LogP contribution in [0.2, 0.25) is 0 Å². The third-order valence-corrected chi connectivity index (χ3v) is 6.37. The van der Waals surface area contributed by atoms with E-state index in [1.165, 1.54) is 31.2 Å². The van der Waals surface area contributed by atoms with Gasteiger partial charge in [-0.05, 0) is 56.2 Å². The first kappa shape index (κ1) is 20.1. The fourth-order valence-electron chi connectivity index (χ4n) is 4.57. The van der Waals surface area contributed by atoms with Crippen LogP contribution in [0.25, 0.3) is 11.0 Å². The first-order valence-corrected chi connectivity index (χ1v) is 10.6. The Labute approximate surface area is 177 Å². The molecule has 7 heteroatoms. The van der Waals surface area contributed by atoms with E-state index in [1.807, 2.05) is 6.07 Å². The van der Waals surface area contributed by atoms with E-state index in [0.29, 0.717) is 23.0 Å². The number of rotatable bonds is 4. The fourth-order valence-corrected chi connectivity index (χ4v) is 4.57. The Morgan fingerprint density at radius 1 is 1.23 bits per heavy atom. The van der Waals surface area contributed by atoms with Gasteiger partial charge in [0.25, 0.3) is 0 Å². The summed E-state index contributed by atoms with van der Waals surface area (Å²) in [6.07, 6.45) is 6.91. The zero-order chi connectivity index (χ0) is 21.4. The number of hydrogen-bond acceptors (Lipinski definition) is 6. The van der Waals surface area contributed by atoms with E-state index in [1.54, 1.807) is 6.92 Å². The number of fused-ring (bicyclic) bond motifs is 1. The minimum atomic E-state index is -0.121. The highest BCUT2D eigenvalue weighted by molar-refractivity contribution is 5.77. The van der Waals surface area contributed by atoms with Crippen LogP contribution in [0.4, 0.5) is 11.8 Å². The van der Waals surface area contributed by atoms with E-state index in [4.69, 9.17) is 10.7 Å². The summed E-state index contributed by atoms with van der Waals surface area (Å²) < 4.78 is 2.13. The summed E-state index contributed by atoms with van der Waals surface area (Å²) in [6.45, 7) is 6.18. The van der Waals surface area contributed by atoms with Crippen LogP contribution >= 0.6 is 0 Å². The fraction of sp³-hybridized carbons (Fsp3) is 0.478. The summed E-state index contributed by atoms with van der Waals surface area (Å²) in [7, 11) is 2.06. The number of nitrogens with one attached hydrogen (secondary N) is 1. The molecule has 0 spiro atoms. The van der Waals surface area contributed by atoms with Gasteiger partial charge in [0.2, 0.25) is 5.95 Å². The molecule has 1 atom stereocenters. The van der Waals surface area contributed by atoms with Crippen LogP contribution in [-0.2, 0) is 7.05 Å². The number of aryl methyl sites for hydroxylation is 2. The normalized spacial score (nSPS) is 20.1. The molecule has 0 aliphatic heterocycles. The zero-order valence-corrected chi connectivity index (χ0v) is 18.1. The van der Waals surface area contributed by atoms with E-state index in [9.17, 15) is 5.26 Å². The molecule has 1 fully saturated rings. The van der Waals surface area contributed by atoms with Crippen molar-refractivity contribution in [1.29, 1.82) is 5.26 Å². The van der Waals surface area contributed by atoms with Crippen molar-refractivity contribution in [3.63, 3.8) is 0 Å². The van der Waals surface area contributed by atoms with Crippen molar-refractivity contribution in [2.45, 2.75) is 58.4 Å². The van der Waals surface area contributed by atoms with Crippen molar-refractivity contribution in [3.8, 4) is 6.07 Å². The summed E-state index contributed by atoms with van der Waals surface area (Å²) >= 11 is 0. The van der Waals surface area contributed by atoms with E-state index in [2.05, 4.69) is 59.1 Å². The molecule has 3 N–H and O–H groups in total. The molecule has 3 heterocycles. The highest BCUT2D eigenvalue weighted by Crippen LogP contribution is 2.39. The van der Waals surface area contributed by atoms with Gasteiger partial charge in [-0.3, -0.25) is 0 Å². The molecule has 1 aliphatic carbocycles. The molecule has 156 valence electrons. The SMILES string of the molecule is Cc1nc(N)nc(N[C@@H](C)c2nc3ccn(C)c3cc2C2CCC(C)CC2)c1C#N. The third-order valence-electron chi connectivity index (χ3n) is 6.37. The largest absolute Gasteiger partial charge is 0.368 e. The van der Waals surface area contributed by atoms with E-state index in [0.717, 1.165) is 22.6 Å². The average molecular weight is 404 g/mol. The first-order chi connectivity index (χ1) is 14.4. The van der Waals surface area contributed by atoms with Crippen molar-refractivity contribution < 1.29 is 0 Å². The molecular formula is C23H29N7.